The molecule has 0 spiro atoms. The molecule has 1 saturated heterocycles. The third kappa shape index (κ3) is 4.02. The van der Waals surface area contributed by atoms with Crippen LogP contribution in [0.2, 0.25) is 0 Å². The van der Waals surface area contributed by atoms with Crippen molar-refractivity contribution < 1.29 is 13.2 Å². The van der Waals surface area contributed by atoms with Gasteiger partial charge in [0.1, 0.15) is 6.07 Å². The molecule has 0 saturated carbocycles. The Labute approximate surface area is 135 Å². The van der Waals surface area contributed by atoms with Crippen molar-refractivity contribution in [2.45, 2.75) is 24.3 Å². The predicted octanol–water partition coefficient (Wildman–Crippen LogP) is 1.69. The van der Waals surface area contributed by atoms with Crippen LogP contribution in [-0.2, 0) is 14.6 Å². The van der Waals surface area contributed by atoms with Crippen LogP contribution in [0, 0.1) is 11.3 Å². The summed E-state index contributed by atoms with van der Waals surface area (Å²) in [4.78, 5) is 14.8. The first kappa shape index (κ1) is 16.8. The Bertz CT molecular complexity index is 695. The van der Waals surface area contributed by atoms with Crippen LogP contribution in [0.15, 0.2) is 29.2 Å². The van der Waals surface area contributed by atoms with E-state index >= 15 is 0 Å². The first-order valence-electron chi connectivity index (χ1n) is 7.08. The van der Waals surface area contributed by atoms with Gasteiger partial charge >= 0.3 is 0 Å². The second kappa shape index (κ2) is 7.16. The van der Waals surface area contributed by atoms with E-state index in [0.717, 1.165) is 4.90 Å². The van der Waals surface area contributed by atoms with E-state index < -0.39 is 9.84 Å². The van der Waals surface area contributed by atoms with Gasteiger partial charge in [0.05, 0.1) is 22.8 Å². The molecule has 0 bridgehead atoms. The SMILES string of the molecule is CCN(C(=O)CSc1ccccc1C#N)[C@H]1CCS(=O)(=O)C1. The van der Waals surface area contributed by atoms with Crippen molar-refractivity contribution in [2.75, 3.05) is 23.8 Å². The van der Waals surface area contributed by atoms with E-state index in [0.29, 0.717) is 18.5 Å². The number of sulfone groups is 1. The zero-order valence-corrected chi connectivity index (χ0v) is 14.0. The Balaban J connectivity index is 2.00. The summed E-state index contributed by atoms with van der Waals surface area (Å²) >= 11 is 1.32. The van der Waals surface area contributed by atoms with Crippen molar-refractivity contribution in [2.24, 2.45) is 0 Å². The number of hydrogen-bond donors (Lipinski definition) is 0. The zero-order valence-electron chi connectivity index (χ0n) is 12.4. The molecule has 1 aliphatic heterocycles. The number of benzene rings is 1. The van der Waals surface area contributed by atoms with Crippen LogP contribution in [-0.4, -0.2) is 49.1 Å². The lowest BCUT2D eigenvalue weighted by Gasteiger charge is -2.26. The summed E-state index contributed by atoms with van der Waals surface area (Å²) in [5.41, 5.74) is 0.548. The van der Waals surface area contributed by atoms with Gasteiger partial charge in [0.25, 0.3) is 0 Å². The Morgan fingerprint density at radius 2 is 2.18 bits per heavy atom. The Morgan fingerprint density at radius 1 is 1.45 bits per heavy atom. The van der Waals surface area contributed by atoms with E-state index in [2.05, 4.69) is 6.07 Å². The minimum absolute atomic E-state index is 0.0615. The van der Waals surface area contributed by atoms with Crippen molar-refractivity contribution in [3.63, 3.8) is 0 Å². The van der Waals surface area contributed by atoms with Crippen molar-refractivity contribution in [3.8, 4) is 6.07 Å². The van der Waals surface area contributed by atoms with E-state index in [-0.39, 0.29) is 29.2 Å². The average Bonchev–Trinajstić information content (AvgIpc) is 2.86. The number of nitrogens with zero attached hydrogens (tertiary/aromatic N) is 2. The molecule has 118 valence electrons. The van der Waals surface area contributed by atoms with Crippen LogP contribution in [0.5, 0.6) is 0 Å². The largest absolute Gasteiger partial charge is 0.338 e. The van der Waals surface area contributed by atoms with Crippen LogP contribution in [0.4, 0.5) is 0 Å². The number of thioether (sulfide) groups is 1. The molecule has 0 radical (unpaired) electrons. The number of nitriles is 1. The summed E-state index contributed by atoms with van der Waals surface area (Å²) < 4.78 is 23.1. The highest BCUT2D eigenvalue weighted by molar-refractivity contribution is 8.00. The number of rotatable bonds is 5. The Hall–Kier alpha value is -1.52. The summed E-state index contributed by atoms with van der Waals surface area (Å²) in [7, 11) is -3.01. The second-order valence-corrected chi connectivity index (χ2v) is 8.38. The normalized spacial score (nSPS) is 19.5. The third-order valence-corrected chi connectivity index (χ3v) is 6.48. The predicted molar refractivity (Wildman–Crippen MR) is 86.3 cm³/mol. The van der Waals surface area contributed by atoms with Crippen molar-refractivity contribution in [1.82, 2.24) is 4.90 Å². The fourth-order valence-electron chi connectivity index (χ4n) is 2.57. The molecule has 1 fully saturated rings. The van der Waals surface area contributed by atoms with Gasteiger partial charge < -0.3 is 4.90 Å². The van der Waals surface area contributed by atoms with Gasteiger partial charge in [-0.15, -0.1) is 11.8 Å². The molecular weight excluding hydrogens is 320 g/mol. The van der Waals surface area contributed by atoms with E-state index in [4.69, 9.17) is 5.26 Å². The average molecular weight is 338 g/mol. The minimum Gasteiger partial charge on any atom is -0.338 e. The molecule has 0 unspecified atom stereocenters. The van der Waals surface area contributed by atoms with Crippen molar-refractivity contribution >= 4 is 27.5 Å². The van der Waals surface area contributed by atoms with Gasteiger partial charge in [0.15, 0.2) is 9.84 Å². The minimum atomic E-state index is -3.01. The summed E-state index contributed by atoms with van der Waals surface area (Å²) in [6, 6.07) is 9.03. The highest BCUT2D eigenvalue weighted by Crippen LogP contribution is 2.24. The number of amides is 1. The molecule has 1 heterocycles. The third-order valence-electron chi connectivity index (χ3n) is 3.67. The number of hydrogen-bond acceptors (Lipinski definition) is 5. The zero-order chi connectivity index (χ0) is 16.2. The van der Waals surface area contributed by atoms with E-state index in [1.807, 2.05) is 19.1 Å². The first-order chi connectivity index (χ1) is 10.5. The fraction of sp³-hybridized carbons (Fsp3) is 0.467. The lowest BCUT2D eigenvalue weighted by Crippen LogP contribution is -2.41. The van der Waals surface area contributed by atoms with Gasteiger partial charge in [0.2, 0.25) is 5.91 Å². The summed E-state index contributed by atoms with van der Waals surface area (Å²) in [5.74, 6) is 0.350. The molecular formula is C15H18N2O3S2. The van der Waals surface area contributed by atoms with Gasteiger partial charge in [-0.1, -0.05) is 12.1 Å². The summed E-state index contributed by atoms with van der Waals surface area (Å²) in [6.45, 7) is 2.36. The van der Waals surface area contributed by atoms with Crippen molar-refractivity contribution in [1.29, 1.82) is 5.26 Å². The van der Waals surface area contributed by atoms with Crippen LogP contribution >= 0.6 is 11.8 Å². The molecule has 1 aliphatic rings. The van der Waals surface area contributed by atoms with Gasteiger partial charge in [0, 0.05) is 17.5 Å². The Kier molecular flexibility index (Phi) is 5.48. The summed E-state index contributed by atoms with van der Waals surface area (Å²) in [5, 5.41) is 9.04. The molecule has 1 aromatic carbocycles. The maximum absolute atomic E-state index is 12.4. The van der Waals surface area contributed by atoms with Gasteiger partial charge in [-0.3, -0.25) is 4.79 Å². The van der Waals surface area contributed by atoms with E-state index in [1.165, 1.54) is 11.8 Å². The lowest BCUT2D eigenvalue weighted by molar-refractivity contribution is -0.129. The quantitative estimate of drug-likeness (QED) is 0.763. The van der Waals surface area contributed by atoms with Crippen LogP contribution in [0.25, 0.3) is 0 Å². The monoisotopic (exact) mass is 338 g/mol. The molecule has 1 amide bonds. The highest BCUT2D eigenvalue weighted by Gasteiger charge is 2.33. The van der Waals surface area contributed by atoms with Gasteiger partial charge in [-0.2, -0.15) is 5.26 Å². The van der Waals surface area contributed by atoms with Crippen LogP contribution < -0.4 is 0 Å². The number of carbonyl (C=O) groups excluding carboxylic acids is 1. The van der Waals surface area contributed by atoms with Crippen molar-refractivity contribution in [3.05, 3.63) is 29.8 Å². The molecule has 5 nitrogen and oxygen atoms in total. The van der Waals surface area contributed by atoms with Gasteiger partial charge in [-0.05, 0) is 25.5 Å². The van der Waals surface area contributed by atoms with Gasteiger partial charge in [-0.25, -0.2) is 8.42 Å². The standard InChI is InChI=1S/C15H18N2O3S2/c1-2-17(13-7-8-22(19,20)11-13)15(18)10-21-14-6-4-3-5-12(14)9-16/h3-6,13H,2,7-8,10-11H2,1H3/t13-/m0/s1. The highest BCUT2D eigenvalue weighted by atomic mass is 32.2. The first-order valence-corrected chi connectivity index (χ1v) is 9.89. The Morgan fingerprint density at radius 3 is 2.77 bits per heavy atom. The second-order valence-electron chi connectivity index (χ2n) is 5.13. The summed E-state index contributed by atoms with van der Waals surface area (Å²) in [6.07, 6.45) is 0.515. The molecule has 7 heteroatoms. The van der Waals surface area contributed by atoms with Crippen LogP contribution in [0.1, 0.15) is 18.9 Å². The molecule has 1 atom stereocenters. The maximum atomic E-state index is 12.4. The lowest BCUT2D eigenvalue weighted by atomic mass is 10.2. The topological polar surface area (TPSA) is 78.2 Å². The smallest absolute Gasteiger partial charge is 0.233 e. The number of carbonyl (C=O) groups is 1. The fourth-order valence-corrected chi connectivity index (χ4v) is 5.19. The van der Waals surface area contributed by atoms with Crippen LogP contribution in [0.3, 0.4) is 0 Å². The molecule has 1 aromatic rings. The molecule has 0 aliphatic carbocycles. The maximum Gasteiger partial charge on any atom is 0.233 e. The van der Waals surface area contributed by atoms with E-state index in [1.54, 1.807) is 17.0 Å². The van der Waals surface area contributed by atoms with E-state index in [9.17, 15) is 13.2 Å². The molecule has 2 rings (SSSR count). The molecule has 0 N–H and O–H groups in total. The molecule has 0 aromatic heterocycles. The molecule has 22 heavy (non-hydrogen) atoms.